The van der Waals surface area contributed by atoms with Crippen LogP contribution in [0.15, 0.2) is 121 Å². The Morgan fingerprint density at radius 1 is 0.762 bits per heavy atom. The lowest BCUT2D eigenvalue weighted by Crippen LogP contribution is -2.46. The van der Waals surface area contributed by atoms with Crippen LogP contribution in [0.5, 0.6) is 0 Å². The van der Waals surface area contributed by atoms with Crippen LogP contribution in [-0.2, 0) is 31.2 Å². The molecule has 1 amide bonds. The standard InChI is InChI=1S/C34H35N3O4S/c1-42(39,40)41-25-31-23-35(22-27-14-6-2-7-15-27)26-36(31)33(38)32-24-37(32)34(28-16-8-3-9-17-28,29-18-10-4-11-19-29)30-20-12-5-13-21-30/h2-21,31-32H,22-26H2,1H3/t31-,32-,37?/m1/s1. The quantitative estimate of drug-likeness (QED) is 0.158. The highest BCUT2D eigenvalue weighted by atomic mass is 32.2. The van der Waals surface area contributed by atoms with Gasteiger partial charge in [0.2, 0.25) is 5.91 Å². The van der Waals surface area contributed by atoms with Crippen LogP contribution >= 0.6 is 0 Å². The number of hydrogen-bond acceptors (Lipinski definition) is 6. The maximum absolute atomic E-state index is 14.3. The van der Waals surface area contributed by atoms with Crippen molar-refractivity contribution >= 4 is 16.0 Å². The van der Waals surface area contributed by atoms with Crippen molar-refractivity contribution in [3.8, 4) is 0 Å². The number of hydrogen-bond donors (Lipinski definition) is 0. The first-order valence-corrected chi connectivity index (χ1v) is 16.0. The summed E-state index contributed by atoms with van der Waals surface area (Å²) in [5.41, 5.74) is 3.72. The van der Waals surface area contributed by atoms with Crippen molar-refractivity contribution in [2.24, 2.45) is 0 Å². The van der Waals surface area contributed by atoms with Gasteiger partial charge >= 0.3 is 0 Å². The molecule has 4 aromatic rings. The second-order valence-corrected chi connectivity index (χ2v) is 12.7. The van der Waals surface area contributed by atoms with Crippen molar-refractivity contribution < 1.29 is 17.4 Å². The van der Waals surface area contributed by atoms with Gasteiger partial charge in [-0.2, -0.15) is 8.42 Å². The van der Waals surface area contributed by atoms with Crippen molar-refractivity contribution in [1.82, 2.24) is 14.7 Å². The van der Waals surface area contributed by atoms with Gasteiger partial charge in [-0.15, -0.1) is 0 Å². The van der Waals surface area contributed by atoms with E-state index in [2.05, 4.69) is 58.3 Å². The zero-order valence-electron chi connectivity index (χ0n) is 23.6. The van der Waals surface area contributed by atoms with E-state index in [-0.39, 0.29) is 24.6 Å². The van der Waals surface area contributed by atoms with Crippen LogP contribution in [0.25, 0.3) is 0 Å². The van der Waals surface area contributed by atoms with Gasteiger partial charge in [-0.25, -0.2) is 0 Å². The Kier molecular flexibility index (Phi) is 7.96. The van der Waals surface area contributed by atoms with Crippen molar-refractivity contribution in [2.75, 3.05) is 32.6 Å². The monoisotopic (exact) mass is 581 g/mol. The van der Waals surface area contributed by atoms with Crippen molar-refractivity contribution in [3.63, 3.8) is 0 Å². The molecule has 2 heterocycles. The largest absolute Gasteiger partial charge is 0.322 e. The summed E-state index contributed by atoms with van der Waals surface area (Å²) in [4.78, 5) is 20.6. The van der Waals surface area contributed by atoms with Gasteiger partial charge in [0.15, 0.2) is 0 Å². The third-order valence-electron chi connectivity index (χ3n) is 8.17. The van der Waals surface area contributed by atoms with Crippen molar-refractivity contribution in [2.45, 2.75) is 24.2 Å². The van der Waals surface area contributed by atoms with E-state index < -0.39 is 15.7 Å². The number of carbonyl (C=O) groups is 1. The Hall–Kier alpha value is -3.82. The normalized spacial score (nSPS) is 20.9. The van der Waals surface area contributed by atoms with Gasteiger partial charge in [0, 0.05) is 19.6 Å². The highest BCUT2D eigenvalue weighted by molar-refractivity contribution is 7.85. The third kappa shape index (κ3) is 5.76. The van der Waals surface area contributed by atoms with Gasteiger partial charge in [-0.3, -0.25) is 18.8 Å². The molecule has 1 unspecified atom stereocenters. The molecule has 0 bridgehead atoms. The first-order chi connectivity index (χ1) is 20.4. The molecular weight excluding hydrogens is 546 g/mol. The molecule has 3 atom stereocenters. The third-order valence-corrected chi connectivity index (χ3v) is 8.74. The summed E-state index contributed by atoms with van der Waals surface area (Å²) in [6.45, 7) is 2.11. The number of nitrogens with zero attached hydrogens (tertiary/aromatic N) is 3. The number of amides is 1. The zero-order valence-corrected chi connectivity index (χ0v) is 24.4. The minimum Gasteiger partial charge on any atom is -0.322 e. The summed E-state index contributed by atoms with van der Waals surface area (Å²) in [6.07, 6.45) is 1.05. The number of benzene rings is 4. The lowest BCUT2D eigenvalue weighted by atomic mass is 9.76. The Morgan fingerprint density at radius 3 is 1.71 bits per heavy atom. The molecule has 7 nitrogen and oxygen atoms in total. The SMILES string of the molecule is CS(=O)(=O)OC[C@H]1CN(Cc2ccccc2)CN1C(=O)[C@H]1CN1C(c1ccccc1)(c1ccccc1)c1ccccc1. The molecule has 42 heavy (non-hydrogen) atoms. The molecular formula is C34H35N3O4S. The summed E-state index contributed by atoms with van der Waals surface area (Å²) >= 11 is 0. The number of rotatable bonds is 10. The second kappa shape index (κ2) is 11.8. The second-order valence-electron chi connectivity index (χ2n) is 11.1. The van der Waals surface area contributed by atoms with E-state index in [1.807, 2.05) is 77.7 Å². The van der Waals surface area contributed by atoms with Gasteiger partial charge in [0.05, 0.1) is 31.1 Å². The summed E-state index contributed by atoms with van der Waals surface area (Å²) in [5, 5.41) is 0. The highest BCUT2D eigenvalue weighted by Crippen LogP contribution is 2.48. The van der Waals surface area contributed by atoms with E-state index in [9.17, 15) is 13.2 Å². The average Bonchev–Trinajstić information content (AvgIpc) is 3.71. The summed E-state index contributed by atoms with van der Waals surface area (Å²) in [6, 6.07) is 40.3. The average molecular weight is 582 g/mol. The first-order valence-electron chi connectivity index (χ1n) is 14.2. The zero-order chi connectivity index (χ0) is 29.2. The lowest BCUT2D eigenvalue weighted by Gasteiger charge is -2.38. The van der Waals surface area contributed by atoms with Crippen LogP contribution < -0.4 is 0 Å². The molecule has 0 aliphatic carbocycles. The van der Waals surface area contributed by atoms with Crippen LogP contribution in [0, 0.1) is 0 Å². The van der Waals surface area contributed by atoms with Crippen LogP contribution in [0.3, 0.4) is 0 Å². The smallest absolute Gasteiger partial charge is 0.264 e. The molecule has 2 aliphatic rings. The minimum absolute atomic E-state index is 0.0140. The van der Waals surface area contributed by atoms with E-state index in [4.69, 9.17) is 4.18 Å². The molecule has 4 aromatic carbocycles. The first kappa shape index (κ1) is 28.3. The molecule has 0 aromatic heterocycles. The van der Waals surface area contributed by atoms with E-state index >= 15 is 0 Å². The highest BCUT2D eigenvalue weighted by Gasteiger charge is 2.57. The van der Waals surface area contributed by atoms with Crippen LogP contribution in [0.2, 0.25) is 0 Å². The van der Waals surface area contributed by atoms with E-state index in [1.165, 1.54) is 0 Å². The van der Waals surface area contributed by atoms with Crippen LogP contribution in [-0.4, -0.2) is 73.7 Å². The molecule has 0 radical (unpaired) electrons. The predicted molar refractivity (Wildman–Crippen MR) is 163 cm³/mol. The Bertz CT molecular complexity index is 1510. The molecule has 2 fully saturated rings. The number of carbonyl (C=O) groups excluding carboxylic acids is 1. The lowest BCUT2D eigenvalue weighted by molar-refractivity contribution is -0.133. The summed E-state index contributed by atoms with van der Waals surface area (Å²) < 4.78 is 29.0. The molecule has 0 N–H and O–H groups in total. The fourth-order valence-corrected chi connectivity index (χ4v) is 6.69. The van der Waals surface area contributed by atoms with Crippen molar-refractivity contribution in [3.05, 3.63) is 144 Å². The summed E-state index contributed by atoms with van der Waals surface area (Å²) in [7, 11) is -3.65. The Morgan fingerprint density at radius 2 is 1.24 bits per heavy atom. The van der Waals surface area contributed by atoms with Gasteiger partial charge in [0.1, 0.15) is 6.04 Å². The molecule has 6 rings (SSSR count). The molecule has 216 valence electrons. The van der Waals surface area contributed by atoms with Gasteiger partial charge in [-0.05, 0) is 22.3 Å². The fourth-order valence-electron chi connectivity index (χ4n) is 6.28. The fraction of sp³-hybridized carbons (Fsp3) is 0.265. The Balaban J connectivity index is 1.34. The van der Waals surface area contributed by atoms with Gasteiger partial charge < -0.3 is 4.90 Å². The topological polar surface area (TPSA) is 69.9 Å². The van der Waals surface area contributed by atoms with Gasteiger partial charge in [-0.1, -0.05) is 121 Å². The maximum atomic E-state index is 14.3. The predicted octanol–water partition coefficient (Wildman–Crippen LogP) is 4.31. The molecule has 0 saturated carbocycles. The Labute approximate surface area is 248 Å². The molecule has 8 heteroatoms. The van der Waals surface area contributed by atoms with Crippen molar-refractivity contribution in [1.29, 1.82) is 0 Å². The van der Waals surface area contributed by atoms with E-state index in [0.29, 0.717) is 26.3 Å². The minimum atomic E-state index is -3.65. The van der Waals surface area contributed by atoms with Gasteiger partial charge in [0.25, 0.3) is 10.1 Å². The maximum Gasteiger partial charge on any atom is 0.264 e. The van der Waals surface area contributed by atoms with Crippen LogP contribution in [0.4, 0.5) is 0 Å². The molecule has 2 saturated heterocycles. The van der Waals surface area contributed by atoms with Crippen LogP contribution in [0.1, 0.15) is 22.3 Å². The molecule has 0 spiro atoms. The summed E-state index contributed by atoms with van der Waals surface area (Å²) in [5.74, 6) is -0.0140. The van der Waals surface area contributed by atoms with E-state index in [1.54, 1.807) is 0 Å². The van der Waals surface area contributed by atoms with E-state index in [0.717, 1.165) is 28.5 Å². The molecule has 2 aliphatic heterocycles.